The van der Waals surface area contributed by atoms with Gasteiger partial charge in [-0.05, 0) is 61.4 Å². The summed E-state index contributed by atoms with van der Waals surface area (Å²) in [5, 5.41) is 14.1. The first-order valence-electron chi connectivity index (χ1n) is 9.48. The highest BCUT2D eigenvalue weighted by molar-refractivity contribution is 9.10. The van der Waals surface area contributed by atoms with Crippen molar-refractivity contribution in [2.75, 3.05) is 10.6 Å². The minimum Gasteiger partial charge on any atom is -0.326 e. The topological polar surface area (TPSA) is 88.9 Å². The van der Waals surface area contributed by atoms with Crippen LogP contribution in [0.2, 0.25) is 0 Å². The van der Waals surface area contributed by atoms with Gasteiger partial charge in [-0.2, -0.15) is 0 Å². The lowest BCUT2D eigenvalue weighted by atomic mass is 10.2. The molecular weight excluding hydrogens is 434 g/mol. The molecule has 148 valence electrons. The summed E-state index contributed by atoms with van der Waals surface area (Å²) in [5.74, 6) is -0.0537. The number of anilines is 2. The van der Waals surface area contributed by atoms with Gasteiger partial charge in [0.15, 0.2) is 5.69 Å². The van der Waals surface area contributed by atoms with Gasteiger partial charge in [0.25, 0.3) is 5.91 Å². The van der Waals surface area contributed by atoms with Crippen LogP contribution in [0.5, 0.6) is 0 Å². The Morgan fingerprint density at radius 2 is 1.66 bits per heavy atom. The van der Waals surface area contributed by atoms with Crippen LogP contribution >= 0.6 is 15.9 Å². The molecule has 0 spiro atoms. The number of hydrogen-bond acceptors (Lipinski definition) is 4. The Balaban J connectivity index is 1.54. The zero-order valence-electron chi connectivity index (χ0n) is 15.9. The molecule has 2 amide bonds. The zero-order chi connectivity index (χ0) is 20.4. The van der Waals surface area contributed by atoms with Crippen molar-refractivity contribution in [3.63, 3.8) is 0 Å². The summed E-state index contributed by atoms with van der Waals surface area (Å²) in [6, 6.07) is 14.8. The number of nitrogens with zero attached hydrogens (tertiary/aromatic N) is 3. The van der Waals surface area contributed by atoms with Gasteiger partial charge in [0, 0.05) is 28.2 Å². The fourth-order valence-electron chi connectivity index (χ4n) is 3.02. The number of halogens is 1. The van der Waals surface area contributed by atoms with E-state index in [-0.39, 0.29) is 11.8 Å². The van der Waals surface area contributed by atoms with Crippen molar-refractivity contribution in [1.29, 1.82) is 0 Å². The number of amides is 2. The summed E-state index contributed by atoms with van der Waals surface area (Å²) < 4.78 is 2.73. The van der Waals surface area contributed by atoms with E-state index >= 15 is 0 Å². The standard InChI is InChI=1S/C21H20BrN5O2/c1-2-18(28)23-15-7-9-16(10-8-15)24-21(29)19-20(13-3-4-13)27(26-25-19)17-11-5-14(22)6-12-17/h5-13H,2-4H2,1H3,(H,23,28)(H,24,29). The zero-order valence-corrected chi connectivity index (χ0v) is 17.4. The van der Waals surface area contributed by atoms with Crippen LogP contribution in [0.15, 0.2) is 53.0 Å². The Morgan fingerprint density at radius 1 is 1.03 bits per heavy atom. The van der Waals surface area contributed by atoms with Crippen molar-refractivity contribution in [1.82, 2.24) is 15.0 Å². The molecule has 0 atom stereocenters. The number of carbonyl (C=O) groups excluding carboxylic acids is 2. The van der Waals surface area contributed by atoms with Gasteiger partial charge in [0.1, 0.15) is 0 Å². The average Bonchev–Trinajstić information content (AvgIpc) is 3.47. The second-order valence-corrected chi connectivity index (χ2v) is 7.83. The molecule has 1 heterocycles. The van der Waals surface area contributed by atoms with Gasteiger partial charge in [-0.3, -0.25) is 9.59 Å². The van der Waals surface area contributed by atoms with E-state index in [1.54, 1.807) is 35.9 Å². The van der Waals surface area contributed by atoms with Crippen molar-refractivity contribution >= 4 is 39.1 Å². The second-order valence-electron chi connectivity index (χ2n) is 6.92. The third-order valence-corrected chi connectivity index (χ3v) is 5.23. The highest BCUT2D eigenvalue weighted by atomic mass is 79.9. The maximum absolute atomic E-state index is 12.9. The van der Waals surface area contributed by atoms with E-state index < -0.39 is 0 Å². The highest BCUT2D eigenvalue weighted by Crippen LogP contribution is 2.42. The summed E-state index contributed by atoms with van der Waals surface area (Å²) in [7, 11) is 0. The number of benzene rings is 2. The molecule has 8 heteroatoms. The monoisotopic (exact) mass is 453 g/mol. The molecule has 4 rings (SSSR count). The summed E-state index contributed by atoms with van der Waals surface area (Å²) in [6.45, 7) is 1.79. The number of rotatable bonds is 6. The maximum Gasteiger partial charge on any atom is 0.278 e. The molecule has 3 aromatic rings. The summed E-state index contributed by atoms with van der Waals surface area (Å²) in [4.78, 5) is 24.3. The van der Waals surface area contributed by atoms with E-state index in [0.717, 1.165) is 28.7 Å². The lowest BCUT2D eigenvalue weighted by Gasteiger charge is -2.09. The summed E-state index contributed by atoms with van der Waals surface area (Å²) >= 11 is 3.43. The highest BCUT2D eigenvalue weighted by Gasteiger charge is 2.34. The molecule has 0 saturated heterocycles. The Morgan fingerprint density at radius 3 is 2.24 bits per heavy atom. The molecule has 0 unspecified atom stereocenters. The van der Waals surface area contributed by atoms with Crippen LogP contribution in [0.1, 0.15) is 48.3 Å². The molecule has 0 radical (unpaired) electrons. The van der Waals surface area contributed by atoms with E-state index in [2.05, 4.69) is 36.9 Å². The Kier molecular flexibility index (Phi) is 5.44. The van der Waals surface area contributed by atoms with Crippen LogP contribution in [-0.2, 0) is 4.79 Å². The van der Waals surface area contributed by atoms with Gasteiger partial charge in [-0.15, -0.1) is 5.10 Å². The normalized spacial score (nSPS) is 13.2. The molecule has 1 aromatic heterocycles. The van der Waals surface area contributed by atoms with Crippen molar-refractivity contribution in [3.05, 3.63) is 64.4 Å². The first-order chi connectivity index (χ1) is 14.0. The van der Waals surface area contributed by atoms with Gasteiger partial charge >= 0.3 is 0 Å². The molecule has 1 aliphatic rings. The minimum atomic E-state index is -0.291. The molecule has 29 heavy (non-hydrogen) atoms. The molecule has 7 nitrogen and oxygen atoms in total. The maximum atomic E-state index is 12.9. The molecule has 1 saturated carbocycles. The van der Waals surface area contributed by atoms with Gasteiger partial charge < -0.3 is 10.6 Å². The minimum absolute atomic E-state index is 0.0552. The number of carbonyl (C=O) groups is 2. The lowest BCUT2D eigenvalue weighted by Crippen LogP contribution is -2.15. The third kappa shape index (κ3) is 4.37. The largest absolute Gasteiger partial charge is 0.326 e. The Bertz CT molecular complexity index is 1040. The first-order valence-corrected chi connectivity index (χ1v) is 10.3. The number of hydrogen-bond donors (Lipinski definition) is 2. The van der Waals surface area contributed by atoms with Crippen LogP contribution in [-0.4, -0.2) is 26.8 Å². The van der Waals surface area contributed by atoms with E-state index in [1.165, 1.54) is 0 Å². The van der Waals surface area contributed by atoms with Crippen LogP contribution in [0, 0.1) is 0 Å². The fourth-order valence-corrected chi connectivity index (χ4v) is 3.29. The number of aromatic nitrogens is 3. The van der Waals surface area contributed by atoms with Crippen molar-refractivity contribution in [2.45, 2.75) is 32.1 Å². The van der Waals surface area contributed by atoms with E-state index in [1.807, 2.05) is 24.3 Å². The smallest absolute Gasteiger partial charge is 0.278 e. The molecule has 1 fully saturated rings. The number of nitrogens with one attached hydrogen (secondary N) is 2. The Hall–Kier alpha value is -3.00. The van der Waals surface area contributed by atoms with Gasteiger partial charge in [-0.1, -0.05) is 28.1 Å². The van der Waals surface area contributed by atoms with E-state index in [0.29, 0.717) is 29.4 Å². The van der Waals surface area contributed by atoms with Crippen LogP contribution in [0.25, 0.3) is 5.69 Å². The van der Waals surface area contributed by atoms with Gasteiger partial charge in [0.2, 0.25) is 5.91 Å². The fraction of sp³-hybridized carbons (Fsp3) is 0.238. The molecule has 2 aromatic carbocycles. The molecular formula is C21H20BrN5O2. The van der Waals surface area contributed by atoms with Crippen LogP contribution < -0.4 is 10.6 Å². The molecule has 1 aliphatic carbocycles. The lowest BCUT2D eigenvalue weighted by molar-refractivity contribution is -0.115. The predicted octanol–water partition coefficient (Wildman–Crippen LogP) is 4.51. The quantitative estimate of drug-likeness (QED) is 0.574. The Labute approximate surface area is 176 Å². The molecule has 2 N–H and O–H groups in total. The van der Waals surface area contributed by atoms with Crippen LogP contribution in [0.4, 0.5) is 11.4 Å². The van der Waals surface area contributed by atoms with E-state index in [4.69, 9.17) is 0 Å². The second kappa shape index (κ2) is 8.16. The summed E-state index contributed by atoms with van der Waals surface area (Å²) in [6.07, 6.45) is 2.46. The SMILES string of the molecule is CCC(=O)Nc1ccc(NC(=O)c2nnn(-c3ccc(Br)cc3)c2C2CC2)cc1. The van der Waals surface area contributed by atoms with Crippen molar-refractivity contribution in [2.24, 2.45) is 0 Å². The van der Waals surface area contributed by atoms with Gasteiger partial charge in [-0.25, -0.2) is 4.68 Å². The first kappa shape index (κ1) is 19.3. The molecule has 0 aliphatic heterocycles. The van der Waals surface area contributed by atoms with Gasteiger partial charge in [0.05, 0.1) is 11.4 Å². The van der Waals surface area contributed by atoms with Crippen LogP contribution in [0.3, 0.4) is 0 Å². The van der Waals surface area contributed by atoms with Crippen molar-refractivity contribution < 1.29 is 9.59 Å². The summed E-state index contributed by atoms with van der Waals surface area (Å²) in [5.41, 5.74) is 3.38. The predicted molar refractivity (Wildman–Crippen MR) is 114 cm³/mol. The molecule has 0 bridgehead atoms. The third-order valence-electron chi connectivity index (χ3n) is 4.70. The van der Waals surface area contributed by atoms with Crippen molar-refractivity contribution in [3.8, 4) is 5.69 Å². The van der Waals surface area contributed by atoms with E-state index in [9.17, 15) is 9.59 Å². The average molecular weight is 454 g/mol.